The SMILES string of the molecule is CCOC(=O)C(=O)c1cc(F)ccc1F. The van der Waals surface area contributed by atoms with Gasteiger partial charge in [-0.15, -0.1) is 0 Å². The number of hydrogen-bond acceptors (Lipinski definition) is 3. The van der Waals surface area contributed by atoms with Crippen molar-refractivity contribution >= 4 is 11.8 Å². The van der Waals surface area contributed by atoms with Gasteiger partial charge in [0, 0.05) is 0 Å². The Morgan fingerprint density at radius 2 is 2.00 bits per heavy atom. The van der Waals surface area contributed by atoms with E-state index in [1.54, 1.807) is 0 Å². The first-order chi connectivity index (χ1) is 7.06. The number of rotatable bonds is 3. The summed E-state index contributed by atoms with van der Waals surface area (Å²) in [5, 5.41) is 0. The predicted molar refractivity (Wildman–Crippen MR) is 47.3 cm³/mol. The van der Waals surface area contributed by atoms with Gasteiger partial charge >= 0.3 is 5.97 Å². The third-order valence-electron chi connectivity index (χ3n) is 1.63. The van der Waals surface area contributed by atoms with Gasteiger partial charge in [0.15, 0.2) is 0 Å². The molecule has 0 aliphatic heterocycles. The summed E-state index contributed by atoms with van der Waals surface area (Å²) in [4.78, 5) is 22.2. The largest absolute Gasteiger partial charge is 0.460 e. The fourth-order valence-electron chi connectivity index (χ4n) is 0.978. The molecular formula is C10H8F2O3. The maximum atomic E-state index is 13.0. The standard InChI is InChI=1S/C10H8F2O3/c1-2-15-10(14)9(13)7-5-6(11)3-4-8(7)12/h3-5H,2H2,1H3. The molecule has 0 amide bonds. The molecule has 1 rings (SSSR count). The molecule has 1 aromatic rings. The van der Waals surface area contributed by atoms with Crippen LogP contribution in [0.4, 0.5) is 8.78 Å². The van der Waals surface area contributed by atoms with Gasteiger partial charge in [-0.2, -0.15) is 0 Å². The molecule has 80 valence electrons. The topological polar surface area (TPSA) is 43.4 Å². The fraction of sp³-hybridized carbons (Fsp3) is 0.200. The first-order valence-corrected chi connectivity index (χ1v) is 4.22. The van der Waals surface area contributed by atoms with E-state index in [-0.39, 0.29) is 6.61 Å². The number of hydrogen-bond donors (Lipinski definition) is 0. The van der Waals surface area contributed by atoms with Crippen LogP contribution in [0.15, 0.2) is 18.2 Å². The maximum Gasteiger partial charge on any atom is 0.379 e. The van der Waals surface area contributed by atoms with E-state index in [1.807, 2.05) is 0 Å². The Kier molecular flexibility index (Phi) is 3.49. The zero-order valence-corrected chi connectivity index (χ0v) is 7.92. The molecule has 0 unspecified atom stereocenters. The average molecular weight is 214 g/mol. The van der Waals surface area contributed by atoms with Crippen molar-refractivity contribution < 1.29 is 23.1 Å². The highest BCUT2D eigenvalue weighted by Gasteiger charge is 2.21. The first kappa shape index (κ1) is 11.3. The molecule has 0 aliphatic rings. The van der Waals surface area contributed by atoms with E-state index in [2.05, 4.69) is 4.74 Å². The second-order valence-electron chi connectivity index (χ2n) is 2.67. The number of halogens is 2. The number of Topliss-reactive ketones (excluding diaryl/α,β-unsaturated/α-hetero) is 1. The lowest BCUT2D eigenvalue weighted by molar-refractivity contribution is -0.137. The first-order valence-electron chi connectivity index (χ1n) is 4.22. The molecule has 0 bridgehead atoms. The van der Waals surface area contributed by atoms with Crippen molar-refractivity contribution in [2.75, 3.05) is 6.61 Å². The molecule has 0 spiro atoms. The molecule has 0 saturated carbocycles. The van der Waals surface area contributed by atoms with Gasteiger partial charge in [-0.3, -0.25) is 4.79 Å². The zero-order chi connectivity index (χ0) is 11.4. The molecule has 5 heteroatoms. The smallest absolute Gasteiger partial charge is 0.379 e. The van der Waals surface area contributed by atoms with Gasteiger partial charge in [0.25, 0.3) is 5.78 Å². The van der Waals surface area contributed by atoms with Gasteiger partial charge in [-0.25, -0.2) is 13.6 Å². The molecule has 0 atom stereocenters. The monoisotopic (exact) mass is 214 g/mol. The van der Waals surface area contributed by atoms with E-state index < -0.39 is 29.0 Å². The molecule has 0 aliphatic carbocycles. The highest BCUT2D eigenvalue weighted by atomic mass is 19.1. The van der Waals surface area contributed by atoms with Crippen LogP contribution in [0.3, 0.4) is 0 Å². The Hall–Kier alpha value is -1.78. The van der Waals surface area contributed by atoms with E-state index in [9.17, 15) is 18.4 Å². The Morgan fingerprint density at radius 1 is 1.33 bits per heavy atom. The van der Waals surface area contributed by atoms with Crippen LogP contribution in [0.2, 0.25) is 0 Å². The molecular weight excluding hydrogens is 206 g/mol. The van der Waals surface area contributed by atoms with Crippen molar-refractivity contribution in [3.63, 3.8) is 0 Å². The Labute approximate surface area is 84.7 Å². The van der Waals surface area contributed by atoms with Crippen LogP contribution < -0.4 is 0 Å². The second kappa shape index (κ2) is 4.63. The summed E-state index contributed by atoms with van der Waals surface area (Å²) in [5.41, 5.74) is -0.617. The van der Waals surface area contributed by atoms with Crippen molar-refractivity contribution in [1.29, 1.82) is 0 Å². The molecule has 0 aromatic heterocycles. The lowest BCUT2D eigenvalue weighted by Gasteiger charge is -2.02. The van der Waals surface area contributed by atoms with Crippen molar-refractivity contribution in [1.82, 2.24) is 0 Å². The summed E-state index contributed by atoms with van der Waals surface area (Å²) < 4.78 is 30.1. The molecule has 0 saturated heterocycles. The second-order valence-corrected chi connectivity index (χ2v) is 2.67. The van der Waals surface area contributed by atoms with Crippen LogP contribution in [0.25, 0.3) is 0 Å². The lowest BCUT2D eigenvalue weighted by Crippen LogP contribution is -2.18. The fourth-order valence-corrected chi connectivity index (χ4v) is 0.978. The molecule has 3 nitrogen and oxygen atoms in total. The van der Waals surface area contributed by atoms with E-state index in [1.165, 1.54) is 6.92 Å². The van der Waals surface area contributed by atoms with Crippen LogP contribution in [-0.4, -0.2) is 18.4 Å². The number of esters is 1. The third kappa shape index (κ3) is 2.59. The van der Waals surface area contributed by atoms with E-state index in [0.717, 1.165) is 12.1 Å². The lowest BCUT2D eigenvalue weighted by atomic mass is 10.1. The van der Waals surface area contributed by atoms with Gasteiger partial charge in [0.05, 0.1) is 12.2 Å². The van der Waals surface area contributed by atoms with Gasteiger partial charge in [0.2, 0.25) is 0 Å². The highest BCUT2D eigenvalue weighted by Crippen LogP contribution is 2.11. The minimum absolute atomic E-state index is 0.00150. The van der Waals surface area contributed by atoms with Crippen molar-refractivity contribution in [2.45, 2.75) is 6.92 Å². The minimum Gasteiger partial charge on any atom is -0.460 e. The van der Waals surface area contributed by atoms with E-state index >= 15 is 0 Å². The van der Waals surface area contributed by atoms with Gasteiger partial charge in [0.1, 0.15) is 11.6 Å². The van der Waals surface area contributed by atoms with Crippen molar-refractivity contribution in [3.8, 4) is 0 Å². The number of carbonyl (C=O) groups is 2. The summed E-state index contributed by atoms with van der Waals surface area (Å²) >= 11 is 0. The Balaban J connectivity index is 3.00. The van der Waals surface area contributed by atoms with Crippen LogP contribution in [-0.2, 0) is 9.53 Å². The molecule has 15 heavy (non-hydrogen) atoms. The Morgan fingerprint density at radius 3 is 2.60 bits per heavy atom. The predicted octanol–water partition coefficient (Wildman–Crippen LogP) is 1.71. The van der Waals surface area contributed by atoms with Crippen LogP contribution >= 0.6 is 0 Å². The van der Waals surface area contributed by atoms with Gasteiger partial charge in [-0.05, 0) is 25.1 Å². The number of ether oxygens (including phenoxy) is 1. The molecule has 1 aromatic carbocycles. The minimum atomic E-state index is -1.19. The average Bonchev–Trinajstić information content (AvgIpc) is 2.21. The number of carbonyl (C=O) groups excluding carboxylic acids is 2. The molecule has 0 heterocycles. The summed E-state index contributed by atoms with van der Waals surface area (Å²) in [6.45, 7) is 1.51. The Bertz CT molecular complexity index is 402. The molecule has 0 fully saturated rings. The van der Waals surface area contributed by atoms with Crippen LogP contribution in [0, 0.1) is 11.6 Å². The van der Waals surface area contributed by atoms with Gasteiger partial charge in [-0.1, -0.05) is 0 Å². The van der Waals surface area contributed by atoms with Crippen molar-refractivity contribution in [2.24, 2.45) is 0 Å². The van der Waals surface area contributed by atoms with E-state index in [0.29, 0.717) is 6.07 Å². The zero-order valence-electron chi connectivity index (χ0n) is 7.92. The van der Waals surface area contributed by atoms with Gasteiger partial charge < -0.3 is 4.74 Å². The van der Waals surface area contributed by atoms with Crippen LogP contribution in [0.5, 0.6) is 0 Å². The number of benzene rings is 1. The van der Waals surface area contributed by atoms with E-state index in [4.69, 9.17) is 0 Å². The summed E-state index contributed by atoms with van der Waals surface area (Å²) in [7, 11) is 0. The summed E-state index contributed by atoms with van der Waals surface area (Å²) in [6, 6.07) is 2.30. The summed E-state index contributed by atoms with van der Waals surface area (Å²) in [6.07, 6.45) is 0. The van der Waals surface area contributed by atoms with Crippen LogP contribution in [0.1, 0.15) is 17.3 Å². The molecule has 0 N–H and O–H groups in total. The summed E-state index contributed by atoms with van der Waals surface area (Å²) in [5.74, 6) is -4.12. The normalized spacial score (nSPS) is 9.80. The maximum absolute atomic E-state index is 13.0. The molecule has 0 radical (unpaired) electrons. The third-order valence-corrected chi connectivity index (χ3v) is 1.63. The number of ketones is 1. The quantitative estimate of drug-likeness (QED) is 0.437. The van der Waals surface area contributed by atoms with Crippen molar-refractivity contribution in [3.05, 3.63) is 35.4 Å². The highest BCUT2D eigenvalue weighted by molar-refractivity contribution is 6.40.